The van der Waals surface area contributed by atoms with Gasteiger partial charge < -0.3 is 67.6 Å². The molecule has 0 aromatic carbocycles. The number of nitrogens with one attached hydrogen (secondary N) is 1. The molecule has 4 amide bonds. The number of nitrogens with zero attached hydrogens (tertiary/aromatic N) is 19. The summed E-state index contributed by atoms with van der Waals surface area (Å²) in [4.78, 5) is 85.6. The van der Waals surface area contributed by atoms with Crippen LogP contribution in [-0.4, -0.2) is 244 Å². The fourth-order valence-electron chi connectivity index (χ4n) is 12.9. The minimum absolute atomic E-state index is 0.0182. The van der Waals surface area contributed by atoms with E-state index in [2.05, 4.69) is 65.6 Å². The average molecular weight is 1680 g/mol. The zero-order chi connectivity index (χ0) is 83.8. The van der Waals surface area contributed by atoms with E-state index in [1.807, 2.05) is 108 Å². The predicted molar refractivity (Wildman–Crippen MR) is 425 cm³/mol. The molecule has 626 valence electrons. The van der Waals surface area contributed by atoms with E-state index in [9.17, 15) is 45.2 Å². The Kier molecular flexibility index (Phi) is 31.2. The monoisotopic (exact) mass is 1680 g/mol. The molecule has 0 radical (unpaired) electrons. The number of aromatic nitrogens is 16. The van der Waals surface area contributed by atoms with Crippen molar-refractivity contribution in [1.29, 1.82) is 0 Å². The van der Waals surface area contributed by atoms with E-state index in [0.717, 1.165) is 76.9 Å². The number of aryl methyl sites for hydroxylation is 8. The van der Waals surface area contributed by atoms with E-state index in [0.29, 0.717) is 128 Å². The number of halogens is 5. The minimum atomic E-state index is -3.64. The predicted octanol–water partition coefficient (Wildman–Crippen LogP) is 6.24. The normalized spacial score (nSPS) is 19.6. The number of anilines is 4. The van der Waals surface area contributed by atoms with Crippen LogP contribution in [0.25, 0.3) is 23.3 Å². The number of ether oxygens (including phenoxy) is 4. The number of rotatable bonds is 16. The fourth-order valence-corrected chi connectivity index (χ4v) is 14.4. The molecular weight excluding hydrogens is 1580 g/mol. The summed E-state index contributed by atoms with van der Waals surface area (Å²) < 4.78 is 104. The van der Waals surface area contributed by atoms with Gasteiger partial charge in [-0.1, -0.05) is 35.1 Å². The lowest BCUT2D eigenvalue weighted by Gasteiger charge is -2.33. The van der Waals surface area contributed by atoms with Crippen molar-refractivity contribution in [1.82, 2.24) is 79.0 Å². The molecule has 0 spiro atoms. The maximum atomic E-state index is 13.5. The molecule has 35 nitrogen and oxygen atoms in total. The van der Waals surface area contributed by atoms with Gasteiger partial charge in [-0.3, -0.25) is 19.2 Å². The van der Waals surface area contributed by atoms with Crippen molar-refractivity contribution in [3.63, 3.8) is 0 Å². The van der Waals surface area contributed by atoms with E-state index in [1.165, 1.54) is 23.5 Å². The zero-order valence-electron chi connectivity index (χ0n) is 66.0. The lowest BCUT2D eigenvalue weighted by atomic mass is 9.92. The van der Waals surface area contributed by atoms with E-state index >= 15 is 0 Å². The summed E-state index contributed by atoms with van der Waals surface area (Å²) in [6.07, 6.45) is 6.67. The first kappa shape index (κ1) is 89.6. The van der Waals surface area contributed by atoms with Crippen molar-refractivity contribution in [2.24, 2.45) is 28.7 Å². The summed E-state index contributed by atoms with van der Waals surface area (Å²) in [6, 6.07) is 14.7. The molecule has 115 heavy (non-hydrogen) atoms. The van der Waals surface area contributed by atoms with Crippen molar-refractivity contribution in [3.8, 4) is 23.3 Å². The number of thioether (sulfide) groups is 2. The molecule has 0 bridgehead atoms. The Bertz CT molecular complexity index is 4780. The second-order valence-corrected chi connectivity index (χ2v) is 32.2. The molecule has 6 fully saturated rings. The maximum absolute atomic E-state index is 13.5. The van der Waals surface area contributed by atoms with Crippen LogP contribution in [0.15, 0.2) is 64.0 Å². The smallest absolute Gasteiger partial charge is 0.250 e. The first-order valence-corrected chi connectivity index (χ1v) is 41.9. The first-order valence-electron chi connectivity index (χ1n) is 37.1. The molecule has 4 aliphatic heterocycles. The van der Waals surface area contributed by atoms with Crippen LogP contribution < -0.4 is 48.7 Å². The Morgan fingerprint density at radius 3 is 1.14 bits per heavy atom. The van der Waals surface area contributed by atoms with Crippen LogP contribution >= 0.6 is 35.1 Å². The lowest BCUT2D eigenvalue weighted by Crippen LogP contribution is -2.48. The fraction of sp³-hybridized carbons (Fsp3) is 0.556. The number of carbonyl (C=O) groups is 4. The Morgan fingerprint density at radius 2 is 0.791 bits per heavy atom. The number of sulfone groups is 1. The van der Waals surface area contributed by atoms with Crippen molar-refractivity contribution in [2.75, 3.05) is 104 Å². The number of primary amides is 4. The van der Waals surface area contributed by atoms with Gasteiger partial charge in [0, 0.05) is 117 Å². The molecule has 6 aliphatic rings. The van der Waals surface area contributed by atoms with Gasteiger partial charge in [0.15, 0.2) is 51.9 Å². The standard InChI is InChI=1S/C20H27F2N7O2.C15H20N6O4S.C15H20N6O2S.C10H11ClN4S.C6H11F2N.C6H11NO2/c1-12-9-13(2)29(27-12)17-10-16(28-7-8-31-15(11-28)18(23)30)25-19(26-17)24-14-3-5-20(21,22)6-4-14;1-9-6-10(2)21(19-9)13-7-12(17-15(18-13)26(3,23)24)20-4-5-25-11(8-20)14(16)22;1-9-6-10(2)21(19-9)13-7-12(17-15(18-13)24-3)20-4-5-23-11(8-20)14(16)22;1-6-4-7(2)15(14-6)9-5-8(11)12-10(13-9)16-3;7-6(8)3-1-5(9)2-4-6;7-6(8)5-3-1-2-4-9-5/h9-10,14-15H,3-8,11H2,1-2H3,(H2,23,30)(H,24,25,26);6-7,11H,4-5,8H2,1-3H3,(H2,16,22);6-7,11H,4-5,8H2,1-3H3,(H2,16,22);4-5H,1-3H3;5H,1-4,9H2;5H,1-4H2,(H2,7,8). The molecule has 4 saturated heterocycles. The highest BCUT2D eigenvalue weighted by Crippen LogP contribution is 2.36. The molecular formula is C72H100ClF4N25O10S3. The summed E-state index contributed by atoms with van der Waals surface area (Å²) in [5.41, 5.74) is 33.8. The molecule has 2 saturated carbocycles. The van der Waals surface area contributed by atoms with Gasteiger partial charge in [-0.25, -0.2) is 69.6 Å². The van der Waals surface area contributed by atoms with E-state index in [-0.39, 0.29) is 74.6 Å². The van der Waals surface area contributed by atoms with Gasteiger partial charge >= 0.3 is 0 Å². The summed E-state index contributed by atoms with van der Waals surface area (Å²) in [7, 11) is -3.64. The number of alkyl halides is 4. The number of carbonyl (C=O) groups excluding carboxylic acids is 4. The molecule has 2 aliphatic carbocycles. The van der Waals surface area contributed by atoms with Gasteiger partial charge in [0.1, 0.15) is 28.7 Å². The molecule has 8 aromatic heterocycles. The van der Waals surface area contributed by atoms with E-state index < -0.39 is 57.7 Å². The highest BCUT2D eigenvalue weighted by Gasteiger charge is 2.37. The van der Waals surface area contributed by atoms with Crippen molar-refractivity contribution >= 4 is 92.0 Å². The second-order valence-electron chi connectivity index (χ2n) is 28.4. The lowest BCUT2D eigenvalue weighted by molar-refractivity contribution is -0.132. The molecule has 4 unspecified atom stereocenters. The summed E-state index contributed by atoms with van der Waals surface area (Å²) in [5, 5.41) is 22.3. The van der Waals surface area contributed by atoms with Gasteiger partial charge in [0.2, 0.25) is 51.3 Å². The number of morpholine rings is 3. The summed E-state index contributed by atoms with van der Waals surface area (Å²) in [5.74, 6) is -2.56. The highest BCUT2D eigenvalue weighted by molar-refractivity contribution is 7.98. The number of hydrogen-bond donors (Lipinski definition) is 6. The molecule has 4 atom stereocenters. The maximum Gasteiger partial charge on any atom is 0.250 e. The number of amides is 4. The van der Waals surface area contributed by atoms with E-state index in [1.54, 1.807) is 41.8 Å². The largest absolute Gasteiger partial charge is 0.368 e. The van der Waals surface area contributed by atoms with Crippen LogP contribution in [0.2, 0.25) is 5.15 Å². The minimum Gasteiger partial charge on any atom is -0.368 e. The van der Waals surface area contributed by atoms with Crippen LogP contribution in [0.3, 0.4) is 0 Å². The van der Waals surface area contributed by atoms with Crippen LogP contribution in [0.1, 0.15) is 116 Å². The first-order chi connectivity index (χ1) is 54.3. The SMILES string of the molecule is CSc1nc(Cl)cc(-n2nc(C)cc2C)n1.CSc1nc(N2CCOC(C(N)=O)C2)cc(-n2nc(C)cc2C)n1.Cc1cc(C)n(-c2cc(N3CCOC(C(N)=O)C3)nc(NC3CCC(F)(F)CC3)n2)n1.Cc1cc(C)n(-c2cc(N3CCOC(C(N)=O)C3)nc(S(C)(=O)=O)n2)n1.NC(=O)C1CCCCO1.NC1CCC(F)(F)CC1. The number of hydrogen-bond acceptors (Lipinski definition) is 29. The third kappa shape index (κ3) is 25.8. The Morgan fingerprint density at radius 1 is 0.461 bits per heavy atom. The van der Waals surface area contributed by atoms with Gasteiger partial charge in [-0.2, -0.15) is 35.3 Å². The Labute approximate surface area is 677 Å². The third-order valence-electron chi connectivity index (χ3n) is 18.8. The summed E-state index contributed by atoms with van der Waals surface area (Å²) >= 11 is 8.85. The highest BCUT2D eigenvalue weighted by atomic mass is 35.5. The summed E-state index contributed by atoms with van der Waals surface area (Å²) in [6.45, 7) is 19.6. The van der Waals surface area contributed by atoms with Gasteiger partial charge in [0.25, 0.3) is 5.16 Å². The molecule has 14 rings (SSSR count). The quantitative estimate of drug-likeness (QED) is 0.0270. The van der Waals surface area contributed by atoms with Crippen LogP contribution in [-0.2, 0) is 48.0 Å². The van der Waals surface area contributed by atoms with Gasteiger partial charge in [0.05, 0.1) is 62.2 Å². The van der Waals surface area contributed by atoms with Crippen molar-refractivity contribution < 1.29 is 64.1 Å². The Balaban J connectivity index is 0.000000166. The average Bonchev–Trinajstić information content (AvgIpc) is 1.78. The Hall–Kier alpha value is -9.30. The second kappa shape index (κ2) is 40.0. The van der Waals surface area contributed by atoms with Crippen LogP contribution in [0, 0.1) is 55.4 Å². The van der Waals surface area contributed by atoms with Crippen LogP contribution in [0.4, 0.5) is 41.0 Å². The van der Waals surface area contributed by atoms with Crippen LogP contribution in [0.5, 0.6) is 0 Å². The molecule has 12 heterocycles. The van der Waals surface area contributed by atoms with Gasteiger partial charge in [-0.05, 0) is 137 Å². The zero-order valence-corrected chi connectivity index (χ0v) is 69.2. The molecule has 43 heteroatoms. The van der Waals surface area contributed by atoms with Crippen molar-refractivity contribution in [2.45, 2.75) is 190 Å². The number of nitrogens with two attached hydrogens (primary N) is 5. The third-order valence-corrected chi connectivity index (χ3v) is 20.9. The topological polar surface area (TPSA) is 466 Å². The molecule has 8 aromatic rings. The van der Waals surface area contributed by atoms with Crippen molar-refractivity contribution in [3.05, 3.63) is 99.2 Å². The van der Waals surface area contributed by atoms with Gasteiger partial charge in [-0.15, -0.1) is 0 Å². The van der Waals surface area contributed by atoms with E-state index in [4.69, 9.17) is 59.2 Å². The molecule has 11 N–H and O–H groups in total.